The summed E-state index contributed by atoms with van der Waals surface area (Å²) in [6.45, 7) is 0.976. The maximum absolute atomic E-state index is 13.3. The van der Waals surface area contributed by atoms with Crippen LogP contribution in [-0.2, 0) is 12.7 Å². The first-order chi connectivity index (χ1) is 18.2. The molecule has 38 heavy (non-hydrogen) atoms. The third-order valence-electron chi connectivity index (χ3n) is 6.23. The summed E-state index contributed by atoms with van der Waals surface area (Å²) in [5.41, 5.74) is 5.04. The van der Waals surface area contributed by atoms with E-state index in [1.807, 2.05) is 0 Å². The van der Waals surface area contributed by atoms with Crippen LogP contribution in [0.1, 0.15) is 32.5 Å². The molecule has 0 atom stereocenters. The highest BCUT2D eigenvalue weighted by molar-refractivity contribution is 5.98. The number of piperazine rings is 1. The second kappa shape index (κ2) is 9.82. The molecule has 1 aliphatic rings. The zero-order valence-electron chi connectivity index (χ0n) is 20.1. The zero-order chi connectivity index (χ0) is 27.0. The van der Waals surface area contributed by atoms with Gasteiger partial charge in [0.25, 0.3) is 11.8 Å². The monoisotopic (exact) mass is 529 g/mol. The molecule has 0 saturated carbocycles. The van der Waals surface area contributed by atoms with Gasteiger partial charge < -0.3 is 29.1 Å². The van der Waals surface area contributed by atoms with Crippen molar-refractivity contribution in [1.29, 1.82) is 0 Å². The van der Waals surface area contributed by atoms with Gasteiger partial charge in [0, 0.05) is 37.1 Å². The Balaban J connectivity index is 1.43. The summed E-state index contributed by atoms with van der Waals surface area (Å²) < 4.78 is 56.0. The molecule has 1 aromatic carbocycles. The Hall–Kier alpha value is -4.39. The average Bonchev–Trinajstić information content (AvgIpc) is 3.61. The molecule has 13 heteroatoms. The fourth-order valence-corrected chi connectivity index (χ4v) is 4.29. The van der Waals surface area contributed by atoms with E-state index in [4.69, 9.17) is 19.3 Å². The molecule has 0 radical (unpaired) electrons. The van der Waals surface area contributed by atoms with Crippen molar-refractivity contribution in [3.63, 3.8) is 0 Å². The number of carbonyl (C=O) groups is 2. The molecule has 2 N–H and O–H groups in total. The summed E-state index contributed by atoms with van der Waals surface area (Å²) >= 11 is 0. The SMILES string of the molecule is COc1ccc(-c2nc(C(=O)N3CCN(C(=O)c4ccco4)CC3)c(CN)o2)c2ccc(C(F)(F)F)nc12. The summed E-state index contributed by atoms with van der Waals surface area (Å²) in [6.07, 6.45) is -3.22. The number of halogens is 3. The largest absolute Gasteiger partial charge is 0.494 e. The van der Waals surface area contributed by atoms with Gasteiger partial charge in [0.2, 0.25) is 5.89 Å². The van der Waals surface area contributed by atoms with Crippen LogP contribution in [-0.4, -0.2) is 64.9 Å². The van der Waals surface area contributed by atoms with Gasteiger partial charge in [0.15, 0.2) is 17.2 Å². The Morgan fingerprint density at radius 1 is 1.03 bits per heavy atom. The van der Waals surface area contributed by atoms with Crippen molar-refractivity contribution in [2.75, 3.05) is 33.3 Å². The van der Waals surface area contributed by atoms with Gasteiger partial charge in [0.1, 0.15) is 17.0 Å². The number of furan rings is 1. The third kappa shape index (κ3) is 4.56. The summed E-state index contributed by atoms with van der Waals surface area (Å²) in [4.78, 5) is 37.1. The number of alkyl halides is 3. The van der Waals surface area contributed by atoms with Gasteiger partial charge in [-0.2, -0.15) is 13.2 Å². The highest BCUT2D eigenvalue weighted by atomic mass is 19.4. The normalized spacial score (nSPS) is 14.2. The minimum atomic E-state index is -4.64. The number of ether oxygens (including phenoxy) is 1. The first kappa shape index (κ1) is 25.3. The minimum Gasteiger partial charge on any atom is -0.494 e. The lowest BCUT2D eigenvalue weighted by Gasteiger charge is -2.34. The van der Waals surface area contributed by atoms with E-state index in [0.717, 1.165) is 6.07 Å². The number of oxazole rings is 1. The van der Waals surface area contributed by atoms with Gasteiger partial charge in [-0.05, 0) is 36.4 Å². The maximum Gasteiger partial charge on any atom is 0.433 e. The van der Waals surface area contributed by atoms with E-state index in [1.54, 1.807) is 23.1 Å². The van der Waals surface area contributed by atoms with Crippen LogP contribution in [0.4, 0.5) is 13.2 Å². The quantitative estimate of drug-likeness (QED) is 0.416. The number of benzene rings is 1. The molecule has 4 aromatic rings. The predicted molar refractivity (Wildman–Crippen MR) is 127 cm³/mol. The molecule has 198 valence electrons. The van der Waals surface area contributed by atoms with Crippen molar-refractivity contribution in [1.82, 2.24) is 19.8 Å². The van der Waals surface area contributed by atoms with Gasteiger partial charge in [-0.25, -0.2) is 9.97 Å². The van der Waals surface area contributed by atoms with Gasteiger partial charge in [-0.15, -0.1) is 0 Å². The van der Waals surface area contributed by atoms with Crippen LogP contribution >= 0.6 is 0 Å². The molecule has 0 aliphatic carbocycles. The van der Waals surface area contributed by atoms with E-state index < -0.39 is 17.8 Å². The van der Waals surface area contributed by atoms with Crippen molar-refractivity contribution in [2.45, 2.75) is 12.7 Å². The van der Waals surface area contributed by atoms with Crippen molar-refractivity contribution in [3.8, 4) is 17.2 Å². The summed E-state index contributed by atoms with van der Waals surface area (Å²) in [5, 5.41) is 0.297. The lowest BCUT2D eigenvalue weighted by atomic mass is 10.1. The molecular formula is C25H22F3N5O5. The first-order valence-electron chi connectivity index (χ1n) is 11.6. The lowest BCUT2D eigenvalue weighted by molar-refractivity contribution is -0.140. The van der Waals surface area contributed by atoms with Gasteiger partial charge in [-0.1, -0.05) is 0 Å². The molecule has 10 nitrogen and oxygen atoms in total. The number of nitrogens with zero attached hydrogens (tertiary/aromatic N) is 4. The molecule has 0 spiro atoms. The third-order valence-corrected chi connectivity index (χ3v) is 6.23. The lowest BCUT2D eigenvalue weighted by Crippen LogP contribution is -2.50. The molecular weight excluding hydrogens is 507 g/mol. The smallest absolute Gasteiger partial charge is 0.433 e. The maximum atomic E-state index is 13.3. The summed E-state index contributed by atoms with van der Waals surface area (Å²) in [5.74, 6) is -0.195. The number of pyridine rings is 1. The van der Waals surface area contributed by atoms with Crippen LogP contribution in [0.15, 0.2) is 51.5 Å². The average molecular weight is 529 g/mol. The molecule has 1 saturated heterocycles. The van der Waals surface area contributed by atoms with Gasteiger partial charge >= 0.3 is 6.18 Å². The fourth-order valence-electron chi connectivity index (χ4n) is 4.29. The predicted octanol–water partition coefficient (Wildman–Crippen LogP) is 3.57. The zero-order valence-corrected chi connectivity index (χ0v) is 20.1. The van der Waals surface area contributed by atoms with Crippen molar-refractivity contribution in [3.05, 3.63) is 65.6 Å². The summed E-state index contributed by atoms with van der Waals surface area (Å²) in [7, 11) is 1.33. The Bertz CT molecular complexity index is 1490. The van der Waals surface area contributed by atoms with Crippen molar-refractivity contribution < 1.29 is 36.3 Å². The van der Waals surface area contributed by atoms with E-state index in [9.17, 15) is 22.8 Å². The molecule has 1 fully saturated rings. The second-order valence-electron chi connectivity index (χ2n) is 8.46. The number of hydrogen-bond acceptors (Lipinski definition) is 8. The summed E-state index contributed by atoms with van der Waals surface area (Å²) in [6, 6.07) is 8.33. The Morgan fingerprint density at radius 2 is 1.74 bits per heavy atom. The second-order valence-corrected chi connectivity index (χ2v) is 8.46. The van der Waals surface area contributed by atoms with Crippen LogP contribution in [0, 0.1) is 0 Å². The van der Waals surface area contributed by atoms with Crippen molar-refractivity contribution >= 4 is 22.7 Å². The molecule has 2 amide bonds. The van der Waals surface area contributed by atoms with Gasteiger partial charge in [-0.3, -0.25) is 9.59 Å². The molecule has 3 aromatic heterocycles. The number of carbonyl (C=O) groups excluding carboxylic acids is 2. The minimum absolute atomic E-state index is 0.00264. The van der Waals surface area contributed by atoms with Crippen LogP contribution in [0.5, 0.6) is 5.75 Å². The van der Waals surface area contributed by atoms with Crippen LogP contribution < -0.4 is 10.5 Å². The number of amides is 2. The fraction of sp³-hybridized carbons (Fsp3) is 0.280. The highest BCUT2D eigenvalue weighted by Crippen LogP contribution is 2.37. The number of nitrogens with two attached hydrogens (primary N) is 1. The molecule has 1 aliphatic heterocycles. The molecule has 0 bridgehead atoms. The highest BCUT2D eigenvalue weighted by Gasteiger charge is 2.34. The van der Waals surface area contributed by atoms with E-state index in [0.29, 0.717) is 24.0 Å². The Morgan fingerprint density at radius 3 is 2.34 bits per heavy atom. The van der Waals surface area contributed by atoms with Crippen LogP contribution in [0.3, 0.4) is 0 Å². The van der Waals surface area contributed by atoms with E-state index in [2.05, 4.69) is 9.97 Å². The van der Waals surface area contributed by atoms with Gasteiger partial charge in [0.05, 0.1) is 19.9 Å². The van der Waals surface area contributed by atoms with Crippen LogP contribution in [0.2, 0.25) is 0 Å². The first-order valence-corrected chi connectivity index (χ1v) is 11.6. The molecule has 4 heterocycles. The number of rotatable bonds is 5. The van der Waals surface area contributed by atoms with E-state index >= 15 is 0 Å². The molecule has 0 unspecified atom stereocenters. The Kier molecular flexibility index (Phi) is 6.53. The van der Waals surface area contributed by atoms with Crippen LogP contribution in [0.25, 0.3) is 22.4 Å². The van der Waals surface area contributed by atoms with Crippen molar-refractivity contribution in [2.24, 2.45) is 5.73 Å². The van der Waals surface area contributed by atoms with E-state index in [1.165, 1.54) is 30.4 Å². The topological polar surface area (TPSA) is 128 Å². The number of fused-ring (bicyclic) bond motifs is 1. The number of methoxy groups -OCH3 is 1. The number of aromatic nitrogens is 2. The van der Waals surface area contributed by atoms with E-state index in [-0.39, 0.29) is 59.9 Å². The Labute approximate surface area is 213 Å². The number of hydrogen-bond donors (Lipinski definition) is 1. The molecule has 5 rings (SSSR count). The standard InChI is InChI=1S/C25H22F3N5O5/c1-36-16-6-4-15(14-5-7-19(25(26,27)28)30-20(14)16)22-31-21(18(13-29)38-22)24(35)33-10-8-32(9-11-33)23(34)17-3-2-12-37-17/h2-7,12H,8-11,13,29H2,1H3.